The van der Waals surface area contributed by atoms with Crippen molar-refractivity contribution in [2.45, 2.75) is 45.1 Å². The summed E-state index contributed by atoms with van der Waals surface area (Å²) in [5.74, 6) is -0.0140. The van der Waals surface area contributed by atoms with Crippen molar-refractivity contribution in [3.63, 3.8) is 0 Å². The molecule has 3 heterocycles. The Morgan fingerprint density at radius 1 is 1.38 bits per heavy atom. The second kappa shape index (κ2) is 6.05. The number of aryl methyl sites for hydroxylation is 1. The number of H-pyrrole nitrogens is 1. The highest BCUT2D eigenvalue weighted by Gasteiger charge is 2.32. The summed E-state index contributed by atoms with van der Waals surface area (Å²) in [6.45, 7) is 5.99. The van der Waals surface area contributed by atoms with Crippen molar-refractivity contribution in [3.8, 4) is 0 Å². The Balaban J connectivity index is 1.75. The van der Waals surface area contributed by atoms with Crippen LogP contribution in [-0.2, 0) is 6.42 Å². The van der Waals surface area contributed by atoms with Crippen molar-refractivity contribution in [1.82, 2.24) is 20.0 Å². The van der Waals surface area contributed by atoms with Crippen LogP contribution in [0.3, 0.4) is 0 Å². The van der Waals surface area contributed by atoms with Crippen molar-refractivity contribution in [2.75, 3.05) is 31.9 Å². The van der Waals surface area contributed by atoms with E-state index < -0.39 is 0 Å². The fourth-order valence-electron chi connectivity index (χ4n) is 3.53. The Bertz CT molecular complexity index is 512. The molecule has 2 aliphatic heterocycles. The molecule has 0 aliphatic carbocycles. The lowest BCUT2D eigenvalue weighted by atomic mass is 10.1. The molecule has 1 atom stereocenters. The number of nitrogens with zero attached hydrogens (tertiary/aromatic N) is 3. The van der Waals surface area contributed by atoms with Crippen LogP contribution in [0.5, 0.6) is 0 Å². The highest BCUT2D eigenvalue weighted by molar-refractivity contribution is 5.97. The minimum atomic E-state index is -0.0140. The molecule has 1 unspecified atom stereocenters. The zero-order valence-corrected chi connectivity index (χ0v) is 12.8. The van der Waals surface area contributed by atoms with Crippen molar-refractivity contribution >= 4 is 11.6 Å². The van der Waals surface area contributed by atoms with E-state index in [-0.39, 0.29) is 5.91 Å². The van der Waals surface area contributed by atoms with Crippen LogP contribution in [0.15, 0.2) is 0 Å². The number of amides is 1. The van der Waals surface area contributed by atoms with Gasteiger partial charge in [-0.15, -0.1) is 0 Å². The molecule has 3 N–H and O–H groups in total. The molecule has 2 saturated heterocycles. The third-order valence-electron chi connectivity index (χ3n) is 4.68. The molecule has 0 aromatic carbocycles. The second-order valence-corrected chi connectivity index (χ2v) is 6.15. The number of nitrogens with one attached hydrogen (secondary N) is 1. The van der Waals surface area contributed by atoms with Crippen LogP contribution in [0.1, 0.15) is 48.8 Å². The molecule has 116 valence electrons. The summed E-state index contributed by atoms with van der Waals surface area (Å²) in [5, 5.41) is 7.09. The fourth-order valence-corrected chi connectivity index (χ4v) is 3.53. The van der Waals surface area contributed by atoms with Gasteiger partial charge in [-0.3, -0.25) is 14.8 Å². The van der Waals surface area contributed by atoms with Gasteiger partial charge in [0, 0.05) is 25.7 Å². The normalized spacial score (nSPS) is 23.1. The zero-order valence-electron chi connectivity index (χ0n) is 12.8. The lowest BCUT2D eigenvalue weighted by Crippen LogP contribution is -2.40. The van der Waals surface area contributed by atoms with Gasteiger partial charge in [0.05, 0.1) is 11.4 Å². The van der Waals surface area contributed by atoms with E-state index in [1.807, 2.05) is 4.90 Å². The second-order valence-electron chi connectivity index (χ2n) is 6.15. The number of nitrogens with two attached hydrogens (primary N) is 1. The summed E-state index contributed by atoms with van der Waals surface area (Å²) < 4.78 is 0. The van der Waals surface area contributed by atoms with Gasteiger partial charge < -0.3 is 10.6 Å². The Morgan fingerprint density at radius 3 is 3.00 bits per heavy atom. The molecule has 0 bridgehead atoms. The van der Waals surface area contributed by atoms with Gasteiger partial charge in [-0.2, -0.15) is 5.10 Å². The van der Waals surface area contributed by atoms with Crippen LogP contribution in [0.2, 0.25) is 0 Å². The molecule has 0 spiro atoms. The summed E-state index contributed by atoms with van der Waals surface area (Å²) >= 11 is 0. The van der Waals surface area contributed by atoms with Crippen LogP contribution in [0.25, 0.3) is 0 Å². The lowest BCUT2D eigenvalue weighted by molar-refractivity contribution is 0.0738. The number of hydrogen-bond donors (Lipinski definition) is 2. The van der Waals surface area contributed by atoms with E-state index in [2.05, 4.69) is 22.0 Å². The zero-order chi connectivity index (χ0) is 14.8. The highest BCUT2D eigenvalue weighted by Crippen LogP contribution is 2.24. The Labute approximate surface area is 125 Å². The molecule has 2 fully saturated rings. The van der Waals surface area contributed by atoms with Crippen molar-refractivity contribution in [2.24, 2.45) is 0 Å². The molecule has 1 aromatic rings. The first-order chi connectivity index (χ1) is 10.2. The van der Waals surface area contributed by atoms with Crippen molar-refractivity contribution in [1.29, 1.82) is 0 Å². The topological polar surface area (TPSA) is 78.2 Å². The maximum absolute atomic E-state index is 12.7. The number of hydrogen-bond acceptors (Lipinski definition) is 4. The molecule has 1 aromatic heterocycles. The van der Waals surface area contributed by atoms with Gasteiger partial charge in [0.2, 0.25) is 0 Å². The monoisotopic (exact) mass is 291 g/mol. The third kappa shape index (κ3) is 2.77. The molecule has 0 saturated carbocycles. The predicted octanol–water partition coefficient (Wildman–Crippen LogP) is 1.25. The number of aromatic nitrogens is 2. The largest absolute Gasteiger partial charge is 0.395 e. The summed E-state index contributed by atoms with van der Waals surface area (Å²) in [4.78, 5) is 17.2. The van der Waals surface area contributed by atoms with Crippen molar-refractivity contribution in [3.05, 3.63) is 11.4 Å². The quantitative estimate of drug-likeness (QED) is 0.878. The Morgan fingerprint density at radius 2 is 2.19 bits per heavy atom. The minimum absolute atomic E-state index is 0.0140. The first kappa shape index (κ1) is 14.4. The molecule has 0 radical (unpaired) electrons. The van der Waals surface area contributed by atoms with E-state index in [1.54, 1.807) is 0 Å². The average Bonchev–Trinajstić information content (AvgIpc) is 3.00. The van der Waals surface area contributed by atoms with Gasteiger partial charge in [0.25, 0.3) is 5.91 Å². The van der Waals surface area contributed by atoms with Gasteiger partial charge in [-0.05, 0) is 32.2 Å². The minimum Gasteiger partial charge on any atom is -0.395 e. The van der Waals surface area contributed by atoms with E-state index in [0.717, 1.165) is 44.6 Å². The molecule has 3 rings (SSSR count). The van der Waals surface area contributed by atoms with Crippen LogP contribution < -0.4 is 5.73 Å². The van der Waals surface area contributed by atoms with Crippen LogP contribution in [0.4, 0.5) is 5.69 Å². The van der Waals surface area contributed by atoms with Gasteiger partial charge in [-0.1, -0.05) is 13.3 Å². The van der Waals surface area contributed by atoms with Gasteiger partial charge in [0.15, 0.2) is 5.69 Å². The Kier molecular flexibility index (Phi) is 4.14. The van der Waals surface area contributed by atoms with Gasteiger partial charge in [0.1, 0.15) is 0 Å². The lowest BCUT2D eigenvalue weighted by Gasteiger charge is -2.25. The van der Waals surface area contributed by atoms with E-state index in [9.17, 15) is 4.79 Å². The SMILES string of the molecule is CCCc1[nH]nc(C(=O)N2CCCN3CCCC3C2)c1N. The molecule has 2 aliphatic rings. The smallest absolute Gasteiger partial charge is 0.276 e. The van der Waals surface area contributed by atoms with Crippen LogP contribution >= 0.6 is 0 Å². The van der Waals surface area contributed by atoms with E-state index >= 15 is 0 Å². The van der Waals surface area contributed by atoms with Gasteiger partial charge >= 0.3 is 0 Å². The third-order valence-corrected chi connectivity index (χ3v) is 4.68. The summed E-state index contributed by atoms with van der Waals surface area (Å²) in [5.41, 5.74) is 7.92. The first-order valence-corrected chi connectivity index (χ1v) is 8.06. The van der Waals surface area contributed by atoms with E-state index in [4.69, 9.17) is 5.73 Å². The maximum Gasteiger partial charge on any atom is 0.276 e. The number of carbonyl (C=O) groups excluding carboxylic acids is 1. The van der Waals surface area contributed by atoms with Crippen molar-refractivity contribution < 1.29 is 4.79 Å². The predicted molar refractivity (Wildman–Crippen MR) is 82.1 cm³/mol. The molecular formula is C15H25N5O. The maximum atomic E-state index is 12.7. The summed E-state index contributed by atoms with van der Waals surface area (Å²) in [6.07, 6.45) is 5.30. The number of fused-ring (bicyclic) bond motifs is 1. The number of nitrogen functional groups attached to an aromatic ring is 1. The number of anilines is 1. The average molecular weight is 291 g/mol. The number of aromatic amines is 1. The molecular weight excluding hydrogens is 266 g/mol. The molecule has 6 nitrogen and oxygen atoms in total. The first-order valence-electron chi connectivity index (χ1n) is 8.06. The van der Waals surface area contributed by atoms with Crippen LogP contribution in [-0.4, -0.2) is 58.1 Å². The molecule has 1 amide bonds. The number of carbonyl (C=O) groups is 1. The van der Waals surface area contributed by atoms with E-state index in [0.29, 0.717) is 17.4 Å². The Hall–Kier alpha value is -1.56. The summed E-state index contributed by atoms with van der Waals surface area (Å²) in [6, 6.07) is 0.520. The van der Waals surface area contributed by atoms with E-state index in [1.165, 1.54) is 19.4 Å². The van der Waals surface area contributed by atoms with Crippen LogP contribution in [0, 0.1) is 0 Å². The molecule has 21 heavy (non-hydrogen) atoms. The summed E-state index contributed by atoms with van der Waals surface area (Å²) in [7, 11) is 0. The van der Waals surface area contributed by atoms with Gasteiger partial charge in [-0.25, -0.2) is 0 Å². The molecule has 6 heteroatoms. The number of rotatable bonds is 3. The highest BCUT2D eigenvalue weighted by atomic mass is 16.2. The standard InChI is InChI=1S/C15H25N5O/c1-2-5-12-13(16)14(18-17-12)15(21)20-9-4-8-19-7-3-6-11(19)10-20/h11H,2-10,16H2,1H3,(H,17,18). The fraction of sp³-hybridized carbons (Fsp3) is 0.733.